The standard InChI is InChI=1S/C28H33F3O6S2/c1-26(2,3)35-20-12-16-22(17-13-20)38(37-39(32,33)28(29,30)31,25-11-9-8-10-24(25)34-7)23-18-14-21(15-19-23)36-27(4,5)6/h8-19H,1-7H3. The van der Waals surface area contributed by atoms with Gasteiger partial charge < -0.3 is 14.2 Å². The maximum Gasteiger partial charge on any atom is 0.524 e. The van der Waals surface area contributed by atoms with E-state index in [9.17, 15) is 21.6 Å². The van der Waals surface area contributed by atoms with Crippen LogP contribution in [0.4, 0.5) is 13.2 Å². The molecular formula is C28H33F3O6S2. The zero-order valence-electron chi connectivity index (χ0n) is 22.8. The van der Waals surface area contributed by atoms with Crippen molar-refractivity contribution < 1.29 is 39.4 Å². The molecule has 0 aliphatic heterocycles. The van der Waals surface area contributed by atoms with E-state index in [4.69, 9.17) is 17.8 Å². The van der Waals surface area contributed by atoms with Gasteiger partial charge in [-0.05, 0) is 113 Å². The van der Waals surface area contributed by atoms with Gasteiger partial charge >= 0.3 is 15.6 Å². The number of alkyl halides is 3. The zero-order valence-corrected chi connectivity index (χ0v) is 24.5. The Labute approximate surface area is 229 Å². The van der Waals surface area contributed by atoms with Crippen LogP contribution in [0.25, 0.3) is 0 Å². The smallest absolute Gasteiger partial charge is 0.496 e. The topological polar surface area (TPSA) is 71.1 Å². The summed E-state index contributed by atoms with van der Waals surface area (Å²) in [6.07, 6.45) is 0. The predicted molar refractivity (Wildman–Crippen MR) is 145 cm³/mol. The Morgan fingerprint density at radius 2 is 1.05 bits per heavy atom. The molecule has 0 aliphatic carbocycles. The zero-order chi connectivity index (χ0) is 29.3. The number of para-hydroxylation sites is 1. The third-order valence-electron chi connectivity index (χ3n) is 5.01. The molecule has 0 heterocycles. The lowest BCUT2D eigenvalue weighted by atomic mass is 10.2. The third-order valence-corrected chi connectivity index (χ3v) is 9.94. The van der Waals surface area contributed by atoms with Gasteiger partial charge in [-0.3, -0.25) is 0 Å². The summed E-state index contributed by atoms with van der Waals surface area (Å²) >= 11 is 0. The van der Waals surface area contributed by atoms with Crippen LogP contribution in [0.1, 0.15) is 41.5 Å². The van der Waals surface area contributed by atoms with Crippen molar-refractivity contribution in [3.63, 3.8) is 0 Å². The molecule has 39 heavy (non-hydrogen) atoms. The fourth-order valence-electron chi connectivity index (χ4n) is 3.64. The van der Waals surface area contributed by atoms with E-state index in [0.717, 1.165) is 0 Å². The van der Waals surface area contributed by atoms with Gasteiger partial charge in [-0.25, -0.2) is 0 Å². The first-order valence-electron chi connectivity index (χ1n) is 11.9. The minimum atomic E-state index is -6.08. The molecule has 0 radical (unpaired) electrons. The summed E-state index contributed by atoms with van der Waals surface area (Å²) in [6, 6.07) is 18.6. The van der Waals surface area contributed by atoms with E-state index in [0.29, 0.717) is 11.5 Å². The van der Waals surface area contributed by atoms with Crippen LogP contribution < -0.4 is 14.2 Å². The van der Waals surface area contributed by atoms with Gasteiger partial charge in [-0.2, -0.15) is 25.2 Å². The lowest BCUT2D eigenvalue weighted by Gasteiger charge is -2.40. The van der Waals surface area contributed by atoms with Crippen LogP contribution in [0, 0.1) is 0 Å². The molecule has 3 aromatic carbocycles. The van der Waals surface area contributed by atoms with Crippen LogP contribution in [-0.2, 0) is 13.7 Å². The largest absolute Gasteiger partial charge is 0.524 e. The van der Waals surface area contributed by atoms with Crippen LogP contribution in [0.2, 0.25) is 0 Å². The second-order valence-corrected chi connectivity index (χ2v) is 15.0. The lowest BCUT2D eigenvalue weighted by molar-refractivity contribution is -0.0496. The van der Waals surface area contributed by atoms with Crippen molar-refractivity contribution in [2.45, 2.75) is 72.9 Å². The Hall–Kier alpha value is -2.89. The number of rotatable bonds is 8. The highest BCUT2D eigenvalue weighted by atomic mass is 32.3. The Kier molecular flexibility index (Phi) is 8.60. The molecule has 214 valence electrons. The SMILES string of the molecule is COc1ccccc1S(OS(=O)(=O)C(F)(F)F)(c1ccc(OC(C)(C)C)cc1)c1ccc(OC(C)(C)C)cc1. The van der Waals surface area contributed by atoms with Crippen LogP contribution in [-0.4, -0.2) is 32.2 Å². The summed E-state index contributed by atoms with van der Waals surface area (Å²) in [6.45, 7) is 11.1. The van der Waals surface area contributed by atoms with Crippen molar-refractivity contribution in [2.24, 2.45) is 0 Å². The Morgan fingerprint density at radius 3 is 1.41 bits per heavy atom. The molecule has 6 nitrogen and oxygen atoms in total. The van der Waals surface area contributed by atoms with Gasteiger partial charge in [0.15, 0.2) is 0 Å². The molecule has 0 N–H and O–H groups in total. The molecule has 0 unspecified atom stereocenters. The van der Waals surface area contributed by atoms with Crippen LogP contribution in [0.3, 0.4) is 0 Å². The molecule has 0 saturated heterocycles. The van der Waals surface area contributed by atoms with E-state index in [1.54, 1.807) is 36.4 Å². The van der Waals surface area contributed by atoms with Crippen LogP contribution >= 0.6 is 10.3 Å². The molecule has 11 heteroatoms. The number of methoxy groups -OCH3 is 1. The molecule has 0 aromatic heterocycles. The summed E-state index contributed by atoms with van der Waals surface area (Å²) in [5.74, 6) is 1.06. The quantitative estimate of drug-likeness (QED) is 0.248. The molecule has 3 rings (SSSR count). The summed E-state index contributed by atoms with van der Waals surface area (Å²) in [4.78, 5) is 0.505. The highest BCUT2D eigenvalue weighted by Crippen LogP contribution is 2.72. The maximum absolute atomic E-state index is 13.8. The monoisotopic (exact) mass is 586 g/mol. The second-order valence-electron chi connectivity index (χ2n) is 10.5. The van der Waals surface area contributed by atoms with E-state index < -0.39 is 37.1 Å². The molecule has 0 bridgehead atoms. The van der Waals surface area contributed by atoms with Crippen molar-refractivity contribution in [3.8, 4) is 17.2 Å². The summed E-state index contributed by atoms with van der Waals surface area (Å²) < 4.78 is 89.4. The number of benzene rings is 3. The van der Waals surface area contributed by atoms with Gasteiger partial charge in [0.25, 0.3) is 0 Å². The molecule has 0 saturated carbocycles. The Morgan fingerprint density at radius 1 is 0.641 bits per heavy atom. The maximum atomic E-state index is 13.8. The number of hydrogen-bond donors (Lipinski definition) is 0. The van der Waals surface area contributed by atoms with Gasteiger partial charge in [-0.1, -0.05) is 12.1 Å². The average molecular weight is 587 g/mol. The van der Waals surface area contributed by atoms with Crippen molar-refractivity contribution >= 4 is 20.4 Å². The van der Waals surface area contributed by atoms with Crippen LogP contribution in [0.15, 0.2) is 87.5 Å². The van der Waals surface area contributed by atoms with E-state index >= 15 is 0 Å². The number of hydrogen-bond acceptors (Lipinski definition) is 6. The van der Waals surface area contributed by atoms with E-state index in [2.05, 4.69) is 0 Å². The summed E-state index contributed by atoms with van der Waals surface area (Å²) in [7, 11) is -8.32. The fourth-order valence-corrected chi connectivity index (χ4v) is 8.47. The van der Waals surface area contributed by atoms with E-state index in [1.807, 2.05) is 41.5 Å². The first kappa shape index (κ1) is 30.6. The third kappa shape index (κ3) is 7.20. The Balaban J connectivity index is 2.37. The molecule has 0 atom stereocenters. The summed E-state index contributed by atoms with van der Waals surface area (Å²) in [5.41, 5.74) is -6.74. The van der Waals surface area contributed by atoms with Crippen molar-refractivity contribution in [2.75, 3.05) is 7.11 Å². The molecule has 0 fully saturated rings. The second kappa shape index (κ2) is 10.9. The Bertz CT molecular complexity index is 1310. The average Bonchev–Trinajstić information content (AvgIpc) is 2.81. The van der Waals surface area contributed by atoms with Crippen molar-refractivity contribution in [1.82, 2.24) is 0 Å². The molecular weight excluding hydrogens is 553 g/mol. The van der Waals surface area contributed by atoms with Crippen molar-refractivity contribution in [3.05, 3.63) is 72.8 Å². The van der Waals surface area contributed by atoms with Gasteiger partial charge in [0.1, 0.15) is 28.5 Å². The van der Waals surface area contributed by atoms with E-state index in [1.165, 1.54) is 43.5 Å². The molecule has 0 amide bonds. The van der Waals surface area contributed by atoms with Gasteiger partial charge in [0, 0.05) is 9.79 Å². The van der Waals surface area contributed by atoms with Crippen LogP contribution in [0.5, 0.6) is 17.2 Å². The first-order chi connectivity index (χ1) is 17.9. The molecule has 0 spiro atoms. The highest BCUT2D eigenvalue weighted by molar-refractivity contribution is 8.33. The minimum Gasteiger partial charge on any atom is -0.496 e. The minimum absolute atomic E-state index is 0.134. The van der Waals surface area contributed by atoms with Gasteiger partial charge in [0.05, 0.1) is 12.0 Å². The molecule has 0 aliphatic rings. The first-order valence-corrected chi connectivity index (χ1v) is 14.9. The highest BCUT2D eigenvalue weighted by Gasteiger charge is 2.53. The van der Waals surface area contributed by atoms with Gasteiger partial charge in [-0.15, -0.1) is 0 Å². The predicted octanol–water partition coefficient (Wildman–Crippen LogP) is 8.11. The normalized spacial score (nSPS) is 13.6. The number of ether oxygens (including phenoxy) is 3. The fraction of sp³-hybridized carbons (Fsp3) is 0.357. The number of halogens is 3. The lowest BCUT2D eigenvalue weighted by Crippen LogP contribution is -2.27. The van der Waals surface area contributed by atoms with Crippen molar-refractivity contribution in [1.29, 1.82) is 0 Å². The summed E-state index contributed by atoms with van der Waals surface area (Å²) in [5, 5.41) is 0. The molecule has 3 aromatic rings. The van der Waals surface area contributed by atoms with E-state index in [-0.39, 0.29) is 20.4 Å². The van der Waals surface area contributed by atoms with Gasteiger partial charge in [0.2, 0.25) is 0 Å².